The van der Waals surface area contributed by atoms with Crippen LogP contribution in [0.4, 0.5) is 0 Å². The van der Waals surface area contributed by atoms with Gasteiger partial charge in [-0.3, -0.25) is 0 Å². The Morgan fingerprint density at radius 1 is 0.514 bits per heavy atom. The fraction of sp³-hybridized carbons (Fsp3) is 1.00. The van der Waals surface area contributed by atoms with Gasteiger partial charge in [-0.05, 0) is 122 Å². The Morgan fingerprint density at radius 3 is 0.973 bits per heavy atom. The van der Waals surface area contributed by atoms with Gasteiger partial charge in [0.25, 0.3) is 0 Å². The maximum atomic E-state index is 12.9. The molecule has 3 aliphatic heterocycles. The minimum Gasteiger partial charge on any atom is -0.313 e. The van der Waals surface area contributed by atoms with Gasteiger partial charge in [-0.1, -0.05) is 0 Å². The van der Waals surface area contributed by atoms with Crippen molar-refractivity contribution in [3.8, 4) is 0 Å². The third-order valence-corrected chi connectivity index (χ3v) is 9.83. The second-order valence-electron chi connectivity index (χ2n) is 15.4. The lowest BCUT2D eigenvalue weighted by Gasteiger charge is -2.52. The smallest absolute Gasteiger partial charge is 0.313 e. The molecule has 2 radical (unpaired) electrons. The highest BCUT2D eigenvalue weighted by atomic mass is 31.2. The van der Waals surface area contributed by atoms with Crippen molar-refractivity contribution in [1.82, 2.24) is 15.2 Å². The molecule has 3 rings (SSSR count). The van der Waals surface area contributed by atoms with E-state index in [9.17, 15) is 15.6 Å². The first-order valence-electron chi connectivity index (χ1n) is 13.7. The van der Waals surface area contributed by atoms with Gasteiger partial charge in [-0.15, -0.1) is 20.5 Å². The zero-order chi connectivity index (χ0) is 28.4. The van der Waals surface area contributed by atoms with E-state index < -0.39 is 41.8 Å². The number of hydroxylamine groups is 6. The van der Waals surface area contributed by atoms with Gasteiger partial charge < -0.3 is 18.8 Å². The molecule has 37 heavy (non-hydrogen) atoms. The molecule has 0 amide bonds. The number of hydrogen-bond acceptors (Lipinski definition) is 7. The summed E-state index contributed by atoms with van der Waals surface area (Å²) in [7, 11) is -1.76. The Morgan fingerprint density at radius 2 is 0.730 bits per heavy atom. The molecule has 0 aromatic heterocycles. The van der Waals surface area contributed by atoms with Crippen LogP contribution in [-0.4, -0.2) is 71.9 Å². The molecule has 0 aromatic rings. The van der Waals surface area contributed by atoms with E-state index in [0.717, 1.165) is 0 Å². The second-order valence-corrected chi connectivity index (χ2v) is 16.5. The van der Waals surface area contributed by atoms with E-state index in [2.05, 4.69) is 0 Å². The Balaban J connectivity index is 1.84. The molecule has 9 nitrogen and oxygen atoms in total. The van der Waals surface area contributed by atoms with Crippen LogP contribution in [0.3, 0.4) is 0 Å². The van der Waals surface area contributed by atoms with E-state index in [1.54, 1.807) is 0 Å². The lowest BCUT2D eigenvalue weighted by Crippen LogP contribution is -2.61. The molecule has 0 bridgehead atoms. The van der Waals surface area contributed by atoms with Gasteiger partial charge in [0, 0.05) is 33.2 Å². The average molecular weight is 546 g/mol. The van der Waals surface area contributed by atoms with Crippen molar-refractivity contribution in [3.05, 3.63) is 0 Å². The number of rotatable bonds is 6. The van der Waals surface area contributed by atoms with Crippen molar-refractivity contribution in [1.29, 1.82) is 0 Å². The van der Waals surface area contributed by atoms with Crippen LogP contribution in [0, 0.1) is 0 Å². The third kappa shape index (κ3) is 6.87. The van der Waals surface area contributed by atoms with E-state index in [1.165, 1.54) is 15.2 Å². The predicted octanol–water partition coefficient (Wildman–Crippen LogP) is 6.41. The SMILES string of the molecule is CC1(C)CC(OP(OC2CC(C)(C)N([O])C(C)(C)C2)OC2CC(C)(C)N(O)C(C)(C)C2)CC(C)(C)N1[O]. The molecule has 3 saturated heterocycles. The molecule has 0 atom stereocenters. The summed E-state index contributed by atoms with van der Waals surface area (Å²) in [4.78, 5) is 0. The minimum absolute atomic E-state index is 0.166. The van der Waals surface area contributed by atoms with Crippen LogP contribution in [0.5, 0.6) is 0 Å². The standard InChI is InChI=1S/C27H52N3O6P/c1-22(2)13-19(14-23(3,4)28(22)31)34-37(35-20-15-24(5,6)29(32)25(7,8)16-20)36-21-17-26(9,10)30(33)27(11,12)18-21/h19-21,31H,13-18H2,1-12H3. The van der Waals surface area contributed by atoms with Gasteiger partial charge in [0.05, 0.1) is 18.3 Å². The average Bonchev–Trinajstić information content (AvgIpc) is 2.67. The van der Waals surface area contributed by atoms with Crippen molar-refractivity contribution in [3.63, 3.8) is 0 Å². The minimum atomic E-state index is -1.76. The van der Waals surface area contributed by atoms with Crippen LogP contribution < -0.4 is 0 Å². The van der Waals surface area contributed by atoms with Crippen LogP contribution in [-0.2, 0) is 24.0 Å². The van der Waals surface area contributed by atoms with Crippen molar-refractivity contribution in [2.75, 3.05) is 0 Å². The molecule has 3 heterocycles. The van der Waals surface area contributed by atoms with Crippen molar-refractivity contribution in [2.24, 2.45) is 0 Å². The number of hydrogen-bond donors (Lipinski definition) is 1. The lowest BCUT2D eigenvalue weighted by molar-refractivity contribution is -0.300. The molecule has 3 aliphatic rings. The molecular weight excluding hydrogens is 493 g/mol. The van der Waals surface area contributed by atoms with Crippen LogP contribution in [0.1, 0.15) is 122 Å². The Labute approximate surface area is 226 Å². The Hall–Kier alpha value is 0.0700. The molecule has 0 aromatic carbocycles. The first kappa shape index (κ1) is 31.6. The van der Waals surface area contributed by atoms with Crippen LogP contribution in [0.25, 0.3) is 0 Å². The van der Waals surface area contributed by atoms with Crippen LogP contribution in [0.15, 0.2) is 0 Å². The Bertz CT molecular complexity index is 659. The lowest BCUT2D eigenvalue weighted by atomic mass is 9.80. The van der Waals surface area contributed by atoms with Crippen LogP contribution >= 0.6 is 8.60 Å². The highest BCUT2D eigenvalue weighted by Crippen LogP contribution is 2.53. The first-order valence-corrected chi connectivity index (χ1v) is 14.8. The zero-order valence-corrected chi connectivity index (χ0v) is 26.1. The zero-order valence-electron chi connectivity index (χ0n) is 25.3. The van der Waals surface area contributed by atoms with E-state index in [1.807, 2.05) is 83.1 Å². The van der Waals surface area contributed by atoms with Crippen molar-refractivity contribution in [2.45, 2.75) is 173 Å². The molecule has 0 saturated carbocycles. The third-order valence-electron chi connectivity index (χ3n) is 8.41. The largest absolute Gasteiger partial charge is 0.333 e. The van der Waals surface area contributed by atoms with Gasteiger partial charge in [0.1, 0.15) is 0 Å². The summed E-state index contributed by atoms with van der Waals surface area (Å²) in [5.74, 6) is 0. The summed E-state index contributed by atoms with van der Waals surface area (Å²) in [6.45, 7) is 23.7. The first-order chi connectivity index (χ1) is 16.5. The summed E-state index contributed by atoms with van der Waals surface area (Å²) in [5.41, 5.74) is -3.23. The fourth-order valence-electron chi connectivity index (χ4n) is 7.19. The fourth-order valence-corrected chi connectivity index (χ4v) is 8.51. The van der Waals surface area contributed by atoms with Crippen molar-refractivity contribution < 1.29 is 29.2 Å². The Kier molecular flexibility index (Phi) is 8.68. The van der Waals surface area contributed by atoms with E-state index in [-0.39, 0.29) is 18.3 Å². The molecule has 0 spiro atoms. The van der Waals surface area contributed by atoms with Gasteiger partial charge in [-0.2, -0.15) is 5.06 Å². The van der Waals surface area contributed by atoms with E-state index in [4.69, 9.17) is 13.6 Å². The summed E-state index contributed by atoms with van der Waals surface area (Å²) in [6, 6.07) is 0. The van der Waals surface area contributed by atoms with Crippen LogP contribution in [0.2, 0.25) is 0 Å². The maximum Gasteiger partial charge on any atom is 0.333 e. The highest BCUT2D eigenvalue weighted by molar-refractivity contribution is 7.41. The van der Waals surface area contributed by atoms with Gasteiger partial charge >= 0.3 is 8.60 Å². The van der Waals surface area contributed by atoms with Gasteiger partial charge in [0.2, 0.25) is 0 Å². The number of nitrogens with zero attached hydrogens (tertiary/aromatic N) is 3. The molecule has 0 aliphatic carbocycles. The van der Waals surface area contributed by atoms with Gasteiger partial charge in [0.15, 0.2) is 0 Å². The summed E-state index contributed by atoms with van der Waals surface area (Å²) < 4.78 is 19.9. The van der Waals surface area contributed by atoms with Gasteiger partial charge in [-0.25, -0.2) is 0 Å². The maximum absolute atomic E-state index is 12.9. The molecule has 1 N–H and O–H groups in total. The summed E-state index contributed by atoms with van der Waals surface area (Å²) >= 11 is 0. The normalized spacial score (nSPS) is 31.1. The quantitative estimate of drug-likeness (QED) is 0.385. The number of piperidine rings is 3. The van der Waals surface area contributed by atoms with Crippen molar-refractivity contribution >= 4 is 8.60 Å². The topological polar surface area (TPSA) is 97.4 Å². The highest BCUT2D eigenvalue weighted by Gasteiger charge is 2.51. The second kappa shape index (κ2) is 10.2. The van der Waals surface area contributed by atoms with E-state index >= 15 is 0 Å². The molecule has 216 valence electrons. The monoisotopic (exact) mass is 545 g/mol. The molecule has 3 fully saturated rings. The summed E-state index contributed by atoms with van der Waals surface area (Å²) in [6.07, 6.45) is 3.01. The predicted molar refractivity (Wildman–Crippen MR) is 142 cm³/mol. The molecule has 10 heteroatoms. The summed E-state index contributed by atoms with van der Waals surface area (Å²) in [5, 5.41) is 40.4. The molecular formula is C27H52N3O6P. The molecule has 0 unspecified atom stereocenters. The van der Waals surface area contributed by atoms with E-state index in [0.29, 0.717) is 38.5 Å².